The molecule has 1 saturated heterocycles. The van der Waals surface area contributed by atoms with E-state index in [-0.39, 0.29) is 24.0 Å². The zero-order valence-corrected chi connectivity index (χ0v) is 13.2. The lowest BCUT2D eigenvalue weighted by Gasteiger charge is -2.37. The Labute approximate surface area is 127 Å². The zero-order valence-electron chi connectivity index (χ0n) is 13.2. The maximum Gasteiger partial charge on any atom is 0.223 e. The van der Waals surface area contributed by atoms with Crippen molar-refractivity contribution in [2.24, 2.45) is 5.73 Å². The molecule has 116 valence electrons. The van der Waals surface area contributed by atoms with Crippen molar-refractivity contribution in [3.8, 4) is 5.75 Å². The summed E-state index contributed by atoms with van der Waals surface area (Å²) < 4.78 is 5.75. The number of para-hydroxylation sites is 1. The molecule has 1 heterocycles. The topological polar surface area (TPSA) is 55.6 Å². The summed E-state index contributed by atoms with van der Waals surface area (Å²) in [7, 11) is 0. The predicted octanol–water partition coefficient (Wildman–Crippen LogP) is 2.87. The maximum absolute atomic E-state index is 12.5. The normalized spacial score (nSPS) is 23.3. The molecule has 1 aromatic carbocycles. The SMILES string of the molecule is CCOc1ccccc1C1C(N)CCCC(=O)N1C(C)C. The molecule has 2 atom stereocenters. The van der Waals surface area contributed by atoms with Crippen molar-refractivity contribution in [1.82, 2.24) is 4.90 Å². The van der Waals surface area contributed by atoms with Crippen molar-refractivity contribution in [3.05, 3.63) is 29.8 Å². The number of benzene rings is 1. The van der Waals surface area contributed by atoms with E-state index in [0.717, 1.165) is 24.2 Å². The van der Waals surface area contributed by atoms with Crippen LogP contribution in [0.25, 0.3) is 0 Å². The number of likely N-dealkylation sites (tertiary alicyclic amines) is 1. The molecule has 1 amide bonds. The average molecular weight is 290 g/mol. The van der Waals surface area contributed by atoms with Crippen molar-refractivity contribution >= 4 is 5.91 Å². The highest BCUT2D eigenvalue weighted by molar-refractivity contribution is 5.77. The first-order valence-corrected chi connectivity index (χ1v) is 7.84. The fourth-order valence-electron chi connectivity index (χ4n) is 3.14. The van der Waals surface area contributed by atoms with Gasteiger partial charge < -0.3 is 15.4 Å². The lowest BCUT2D eigenvalue weighted by Crippen LogP contribution is -2.45. The van der Waals surface area contributed by atoms with Crippen LogP contribution in [0.2, 0.25) is 0 Å². The van der Waals surface area contributed by atoms with E-state index in [2.05, 4.69) is 0 Å². The lowest BCUT2D eigenvalue weighted by atomic mass is 9.94. The molecule has 1 aliphatic heterocycles. The molecule has 21 heavy (non-hydrogen) atoms. The van der Waals surface area contributed by atoms with Gasteiger partial charge in [-0.3, -0.25) is 4.79 Å². The van der Waals surface area contributed by atoms with Crippen LogP contribution < -0.4 is 10.5 Å². The quantitative estimate of drug-likeness (QED) is 0.927. The van der Waals surface area contributed by atoms with E-state index >= 15 is 0 Å². The Morgan fingerprint density at radius 3 is 2.76 bits per heavy atom. The Balaban J connectivity index is 2.47. The van der Waals surface area contributed by atoms with Crippen LogP contribution in [0.15, 0.2) is 24.3 Å². The molecule has 0 bridgehead atoms. The Bertz CT molecular complexity index is 487. The molecule has 1 fully saturated rings. The molecule has 2 N–H and O–H groups in total. The first-order chi connectivity index (χ1) is 10.1. The Morgan fingerprint density at radius 2 is 2.10 bits per heavy atom. The van der Waals surface area contributed by atoms with Crippen molar-refractivity contribution < 1.29 is 9.53 Å². The van der Waals surface area contributed by atoms with Gasteiger partial charge in [0.1, 0.15) is 5.75 Å². The summed E-state index contributed by atoms with van der Waals surface area (Å²) in [5.41, 5.74) is 7.44. The molecule has 2 unspecified atom stereocenters. The molecule has 2 rings (SSSR count). The molecular formula is C17H26N2O2. The summed E-state index contributed by atoms with van der Waals surface area (Å²) in [5.74, 6) is 1.02. The predicted molar refractivity (Wildman–Crippen MR) is 84.2 cm³/mol. The smallest absolute Gasteiger partial charge is 0.223 e. The standard InChI is InChI=1S/C17H26N2O2/c1-4-21-15-10-6-5-8-13(15)17-14(18)9-7-11-16(20)19(17)12(2)3/h5-6,8,10,12,14,17H,4,7,9,11,18H2,1-3H3. The van der Waals surface area contributed by atoms with Crippen LogP contribution >= 0.6 is 0 Å². The van der Waals surface area contributed by atoms with Crippen LogP contribution in [0, 0.1) is 0 Å². The molecular weight excluding hydrogens is 264 g/mol. The number of hydrogen-bond acceptors (Lipinski definition) is 3. The fraction of sp³-hybridized carbons (Fsp3) is 0.588. The second-order valence-electron chi connectivity index (χ2n) is 5.87. The van der Waals surface area contributed by atoms with Crippen LogP contribution in [0.1, 0.15) is 51.6 Å². The van der Waals surface area contributed by atoms with Crippen LogP contribution in [0.5, 0.6) is 5.75 Å². The second kappa shape index (κ2) is 6.94. The minimum absolute atomic E-state index is 0.0551. The Morgan fingerprint density at radius 1 is 1.38 bits per heavy atom. The van der Waals surface area contributed by atoms with Crippen LogP contribution in [0.3, 0.4) is 0 Å². The minimum Gasteiger partial charge on any atom is -0.494 e. The van der Waals surface area contributed by atoms with Gasteiger partial charge in [0.2, 0.25) is 5.91 Å². The number of hydrogen-bond donors (Lipinski definition) is 1. The number of rotatable bonds is 4. The number of nitrogens with two attached hydrogens (primary N) is 1. The van der Waals surface area contributed by atoms with Gasteiger partial charge in [-0.25, -0.2) is 0 Å². The summed E-state index contributed by atoms with van der Waals surface area (Å²) in [6, 6.07) is 7.89. The van der Waals surface area contributed by atoms with Crippen molar-refractivity contribution in [2.45, 2.75) is 58.2 Å². The van der Waals surface area contributed by atoms with Gasteiger partial charge in [-0.1, -0.05) is 18.2 Å². The van der Waals surface area contributed by atoms with E-state index in [1.807, 2.05) is 49.9 Å². The summed E-state index contributed by atoms with van der Waals surface area (Å²) in [4.78, 5) is 14.4. The molecule has 1 aliphatic rings. The molecule has 4 heteroatoms. The van der Waals surface area contributed by atoms with Crippen molar-refractivity contribution in [3.63, 3.8) is 0 Å². The van der Waals surface area contributed by atoms with Crippen LogP contribution in [0.4, 0.5) is 0 Å². The van der Waals surface area contributed by atoms with Gasteiger partial charge in [0, 0.05) is 24.1 Å². The summed E-state index contributed by atoms with van der Waals surface area (Å²) >= 11 is 0. The number of carbonyl (C=O) groups is 1. The number of amides is 1. The second-order valence-corrected chi connectivity index (χ2v) is 5.87. The monoisotopic (exact) mass is 290 g/mol. The van der Waals surface area contributed by atoms with Crippen molar-refractivity contribution in [1.29, 1.82) is 0 Å². The Kier molecular flexibility index (Phi) is 5.23. The molecule has 4 nitrogen and oxygen atoms in total. The summed E-state index contributed by atoms with van der Waals surface area (Å²) in [6.45, 7) is 6.67. The van der Waals surface area contributed by atoms with Crippen LogP contribution in [-0.2, 0) is 4.79 Å². The highest BCUT2D eigenvalue weighted by Gasteiger charge is 2.35. The van der Waals surface area contributed by atoms with E-state index in [4.69, 9.17) is 10.5 Å². The molecule has 1 aromatic rings. The molecule has 0 aliphatic carbocycles. The molecule has 0 spiro atoms. The third-order valence-electron chi connectivity index (χ3n) is 4.02. The van der Waals surface area contributed by atoms with E-state index in [9.17, 15) is 4.79 Å². The summed E-state index contributed by atoms with van der Waals surface area (Å²) in [5, 5.41) is 0. The number of carbonyl (C=O) groups excluding carboxylic acids is 1. The van der Waals surface area contributed by atoms with E-state index in [1.165, 1.54) is 0 Å². The van der Waals surface area contributed by atoms with Gasteiger partial charge in [0.05, 0.1) is 12.6 Å². The summed E-state index contributed by atoms with van der Waals surface area (Å²) in [6.07, 6.45) is 2.30. The fourth-order valence-corrected chi connectivity index (χ4v) is 3.14. The van der Waals surface area contributed by atoms with Gasteiger partial charge >= 0.3 is 0 Å². The van der Waals surface area contributed by atoms with Gasteiger partial charge in [-0.15, -0.1) is 0 Å². The molecule has 0 aromatic heterocycles. The third-order valence-corrected chi connectivity index (χ3v) is 4.02. The maximum atomic E-state index is 12.5. The first-order valence-electron chi connectivity index (χ1n) is 7.84. The van der Waals surface area contributed by atoms with Gasteiger partial charge in [0.25, 0.3) is 0 Å². The first kappa shape index (κ1) is 15.8. The number of nitrogens with zero attached hydrogens (tertiary/aromatic N) is 1. The number of ether oxygens (including phenoxy) is 1. The highest BCUT2D eigenvalue weighted by atomic mass is 16.5. The van der Waals surface area contributed by atoms with E-state index in [1.54, 1.807) is 0 Å². The van der Waals surface area contributed by atoms with Gasteiger partial charge in [-0.05, 0) is 39.7 Å². The Hall–Kier alpha value is -1.55. The molecule has 0 radical (unpaired) electrons. The third kappa shape index (κ3) is 3.38. The van der Waals surface area contributed by atoms with E-state index in [0.29, 0.717) is 13.0 Å². The molecule has 0 saturated carbocycles. The highest BCUT2D eigenvalue weighted by Crippen LogP contribution is 2.36. The zero-order chi connectivity index (χ0) is 15.4. The van der Waals surface area contributed by atoms with Gasteiger partial charge in [-0.2, -0.15) is 0 Å². The largest absolute Gasteiger partial charge is 0.494 e. The lowest BCUT2D eigenvalue weighted by molar-refractivity contribution is -0.135. The van der Waals surface area contributed by atoms with Crippen LogP contribution in [-0.4, -0.2) is 29.5 Å². The minimum atomic E-state index is -0.109. The van der Waals surface area contributed by atoms with Crippen molar-refractivity contribution in [2.75, 3.05) is 6.61 Å². The average Bonchev–Trinajstić information content (AvgIpc) is 2.59. The van der Waals surface area contributed by atoms with E-state index < -0.39 is 0 Å². The van der Waals surface area contributed by atoms with Gasteiger partial charge in [0.15, 0.2) is 0 Å².